The van der Waals surface area contributed by atoms with Gasteiger partial charge in [-0.2, -0.15) is 0 Å². The number of rotatable bonds is 2. The monoisotopic (exact) mass is 276 g/mol. The molecule has 0 saturated carbocycles. The van der Waals surface area contributed by atoms with Crippen molar-refractivity contribution in [3.8, 4) is 0 Å². The Labute approximate surface area is 114 Å². The molecule has 0 amide bonds. The highest BCUT2D eigenvalue weighted by molar-refractivity contribution is 8.05. The van der Waals surface area contributed by atoms with Gasteiger partial charge >= 0.3 is 0 Å². The van der Waals surface area contributed by atoms with E-state index in [2.05, 4.69) is 6.07 Å². The van der Waals surface area contributed by atoms with Gasteiger partial charge in [-0.25, -0.2) is 0 Å². The van der Waals surface area contributed by atoms with Gasteiger partial charge in [0.15, 0.2) is 0 Å². The molecule has 92 valence electrons. The van der Waals surface area contributed by atoms with Gasteiger partial charge in [-0.1, -0.05) is 41.7 Å². The van der Waals surface area contributed by atoms with E-state index in [1.165, 1.54) is 14.7 Å². The number of aliphatic hydroxyl groups is 2. The molecule has 0 aliphatic carbocycles. The summed E-state index contributed by atoms with van der Waals surface area (Å²) < 4.78 is 0. The van der Waals surface area contributed by atoms with Crippen molar-refractivity contribution < 1.29 is 10.2 Å². The Hall–Kier alpha value is -0.940. The summed E-state index contributed by atoms with van der Waals surface area (Å²) in [4.78, 5) is 4.68. The van der Waals surface area contributed by atoms with Gasteiger partial charge in [0.05, 0.1) is 13.2 Å². The van der Waals surface area contributed by atoms with Crippen molar-refractivity contribution in [2.75, 3.05) is 0 Å². The molecule has 0 saturated heterocycles. The Balaban J connectivity index is 2.06. The summed E-state index contributed by atoms with van der Waals surface area (Å²) in [6.07, 6.45) is 0. The zero-order chi connectivity index (χ0) is 12.5. The number of hydrogen-bond donors (Lipinski definition) is 2. The van der Waals surface area contributed by atoms with Crippen LogP contribution in [-0.2, 0) is 13.2 Å². The number of aliphatic hydroxyl groups excluding tert-OH is 2. The smallest absolute Gasteiger partial charge is 0.0693 e. The second-order valence-electron chi connectivity index (χ2n) is 4.05. The highest BCUT2D eigenvalue weighted by atomic mass is 32.2. The SMILES string of the molecule is OCc1ccc2c(c1)Sc1cccc(CO)c1S2. The fraction of sp³-hybridized carbons (Fsp3) is 0.143. The van der Waals surface area contributed by atoms with Crippen molar-refractivity contribution >= 4 is 23.5 Å². The molecular weight excluding hydrogens is 264 g/mol. The van der Waals surface area contributed by atoms with Crippen LogP contribution in [0.5, 0.6) is 0 Å². The molecule has 2 nitrogen and oxygen atoms in total. The van der Waals surface area contributed by atoms with E-state index in [1.54, 1.807) is 23.5 Å². The molecule has 1 heterocycles. The standard InChI is InChI=1S/C14H12O2S2/c15-7-9-4-5-11-13(6-9)17-12-3-1-2-10(8-16)14(12)18-11/h1-6,15-16H,7-8H2. The third-order valence-electron chi connectivity index (χ3n) is 2.85. The Morgan fingerprint density at radius 1 is 0.833 bits per heavy atom. The lowest BCUT2D eigenvalue weighted by Crippen LogP contribution is -1.96. The summed E-state index contributed by atoms with van der Waals surface area (Å²) in [5.41, 5.74) is 1.91. The van der Waals surface area contributed by atoms with Crippen LogP contribution in [0.1, 0.15) is 11.1 Å². The van der Waals surface area contributed by atoms with Gasteiger partial charge in [0.2, 0.25) is 0 Å². The van der Waals surface area contributed by atoms with Crippen molar-refractivity contribution in [3.05, 3.63) is 47.5 Å². The second kappa shape index (κ2) is 4.97. The zero-order valence-corrected chi connectivity index (χ0v) is 11.2. The van der Waals surface area contributed by atoms with Crippen LogP contribution >= 0.6 is 23.5 Å². The first-order chi connectivity index (χ1) is 8.81. The summed E-state index contributed by atoms with van der Waals surface area (Å²) in [5.74, 6) is 0. The molecule has 0 unspecified atom stereocenters. The van der Waals surface area contributed by atoms with Crippen LogP contribution in [0.25, 0.3) is 0 Å². The quantitative estimate of drug-likeness (QED) is 0.753. The number of fused-ring (bicyclic) bond motifs is 2. The molecule has 2 N–H and O–H groups in total. The third kappa shape index (κ3) is 2.06. The summed E-state index contributed by atoms with van der Waals surface area (Å²) in [7, 11) is 0. The first kappa shape index (κ1) is 12.1. The van der Waals surface area contributed by atoms with E-state index >= 15 is 0 Å². The fourth-order valence-corrected chi connectivity index (χ4v) is 4.36. The van der Waals surface area contributed by atoms with Gasteiger partial charge in [-0.05, 0) is 29.3 Å². The zero-order valence-electron chi connectivity index (χ0n) is 9.59. The van der Waals surface area contributed by atoms with Crippen molar-refractivity contribution in [2.24, 2.45) is 0 Å². The molecule has 18 heavy (non-hydrogen) atoms. The fourth-order valence-electron chi connectivity index (χ4n) is 1.93. The molecule has 1 aliphatic rings. The van der Waals surface area contributed by atoms with Gasteiger partial charge in [0.25, 0.3) is 0 Å². The molecule has 2 aromatic rings. The lowest BCUT2D eigenvalue weighted by Gasteiger charge is -2.20. The van der Waals surface area contributed by atoms with Crippen LogP contribution in [0.15, 0.2) is 56.0 Å². The van der Waals surface area contributed by atoms with Crippen molar-refractivity contribution in [3.63, 3.8) is 0 Å². The second-order valence-corrected chi connectivity index (χ2v) is 6.18. The first-order valence-corrected chi connectivity index (χ1v) is 7.27. The van der Waals surface area contributed by atoms with Crippen molar-refractivity contribution in [2.45, 2.75) is 32.8 Å². The number of hydrogen-bond acceptors (Lipinski definition) is 4. The minimum absolute atomic E-state index is 0.0702. The van der Waals surface area contributed by atoms with Crippen LogP contribution in [0.2, 0.25) is 0 Å². The lowest BCUT2D eigenvalue weighted by molar-refractivity contribution is 0.278. The number of benzene rings is 2. The molecule has 0 fully saturated rings. The van der Waals surface area contributed by atoms with E-state index in [9.17, 15) is 5.11 Å². The topological polar surface area (TPSA) is 40.5 Å². The van der Waals surface area contributed by atoms with E-state index in [0.717, 1.165) is 16.0 Å². The highest BCUT2D eigenvalue weighted by Gasteiger charge is 2.19. The van der Waals surface area contributed by atoms with E-state index in [4.69, 9.17) is 5.11 Å². The van der Waals surface area contributed by atoms with E-state index in [1.807, 2.05) is 30.3 Å². The first-order valence-electron chi connectivity index (χ1n) is 5.64. The van der Waals surface area contributed by atoms with Crippen LogP contribution in [-0.4, -0.2) is 10.2 Å². The van der Waals surface area contributed by atoms with E-state index < -0.39 is 0 Å². The summed E-state index contributed by atoms with van der Waals surface area (Å²) >= 11 is 3.39. The van der Waals surface area contributed by atoms with Crippen molar-refractivity contribution in [1.82, 2.24) is 0 Å². The molecule has 0 bridgehead atoms. The van der Waals surface area contributed by atoms with Gasteiger partial charge in [-0.3, -0.25) is 0 Å². The molecule has 0 radical (unpaired) electrons. The Morgan fingerprint density at radius 3 is 2.50 bits per heavy atom. The average molecular weight is 276 g/mol. The van der Waals surface area contributed by atoms with Crippen LogP contribution in [0.4, 0.5) is 0 Å². The Bertz CT molecular complexity index is 596. The minimum atomic E-state index is 0.0702. The summed E-state index contributed by atoms with van der Waals surface area (Å²) in [6, 6.07) is 12.0. The third-order valence-corrected chi connectivity index (χ3v) is 5.49. The van der Waals surface area contributed by atoms with Crippen molar-refractivity contribution in [1.29, 1.82) is 0 Å². The maximum atomic E-state index is 9.37. The predicted molar refractivity (Wildman–Crippen MR) is 73.0 cm³/mol. The molecule has 0 atom stereocenters. The Morgan fingerprint density at radius 2 is 1.72 bits per heavy atom. The molecule has 4 heteroatoms. The van der Waals surface area contributed by atoms with Gasteiger partial charge < -0.3 is 10.2 Å². The van der Waals surface area contributed by atoms with Gasteiger partial charge in [0, 0.05) is 19.6 Å². The largest absolute Gasteiger partial charge is 0.392 e. The van der Waals surface area contributed by atoms with E-state index in [-0.39, 0.29) is 13.2 Å². The summed E-state index contributed by atoms with van der Waals surface area (Å²) in [5, 5.41) is 18.5. The molecule has 0 aromatic heterocycles. The summed E-state index contributed by atoms with van der Waals surface area (Å²) in [6.45, 7) is 0.142. The Kier molecular flexibility index (Phi) is 3.35. The van der Waals surface area contributed by atoms with Crippen LogP contribution in [0.3, 0.4) is 0 Å². The van der Waals surface area contributed by atoms with E-state index in [0.29, 0.717) is 0 Å². The molecule has 1 aliphatic heterocycles. The minimum Gasteiger partial charge on any atom is -0.392 e. The maximum absolute atomic E-state index is 9.37. The van der Waals surface area contributed by atoms with Gasteiger partial charge in [-0.15, -0.1) is 0 Å². The predicted octanol–water partition coefficient (Wildman–Crippen LogP) is 3.29. The average Bonchev–Trinajstić information content (AvgIpc) is 2.43. The lowest BCUT2D eigenvalue weighted by atomic mass is 10.2. The molecule has 3 rings (SSSR count). The normalized spacial score (nSPS) is 13.0. The van der Waals surface area contributed by atoms with Gasteiger partial charge in [0.1, 0.15) is 0 Å². The van der Waals surface area contributed by atoms with Crippen LogP contribution < -0.4 is 0 Å². The van der Waals surface area contributed by atoms with Crippen LogP contribution in [0, 0.1) is 0 Å². The molecule has 2 aromatic carbocycles. The highest BCUT2D eigenvalue weighted by Crippen LogP contribution is 2.49. The maximum Gasteiger partial charge on any atom is 0.0693 e. The molecule has 0 spiro atoms. The molecular formula is C14H12O2S2.